The molecule has 4 bridgehead atoms. The van der Waals surface area contributed by atoms with Crippen LogP contribution in [-0.2, 0) is 6.54 Å². The maximum absolute atomic E-state index is 12.5. The van der Waals surface area contributed by atoms with Gasteiger partial charge in [-0.15, -0.1) is 0 Å². The highest BCUT2D eigenvalue weighted by Gasteiger charge is 2.17. The fraction of sp³-hybridized carbons (Fsp3) is 0.333. The molecule has 3 aromatic rings. The molecule has 2 N–H and O–H groups in total. The number of anilines is 3. The molecule has 1 aliphatic heterocycles. The van der Waals surface area contributed by atoms with Crippen molar-refractivity contribution in [2.24, 2.45) is 0 Å². The summed E-state index contributed by atoms with van der Waals surface area (Å²) in [5.41, 5.74) is 1.12. The molecule has 0 aliphatic carbocycles. The first-order valence-corrected chi connectivity index (χ1v) is 7.63. The predicted octanol–water partition coefficient (Wildman–Crippen LogP) is 2.08. The minimum atomic E-state index is 0.0800. The standard InChI is InChI=1S/C15H17N7O/c1-16-14-6-12-19-13-8-21(9-17-13)5-3-2-4-11(23)10-7-18-22(14)15(10)20-12/h6-9,16H,2-5H2,1H3,(H,19,20). The molecule has 8 heteroatoms. The molecule has 0 spiro atoms. The number of rotatable bonds is 1. The van der Waals surface area contributed by atoms with Gasteiger partial charge in [0.05, 0.1) is 18.1 Å². The summed E-state index contributed by atoms with van der Waals surface area (Å²) < 4.78 is 3.67. The van der Waals surface area contributed by atoms with E-state index in [9.17, 15) is 4.79 Å². The van der Waals surface area contributed by atoms with Gasteiger partial charge in [-0.1, -0.05) is 0 Å². The molecule has 0 aromatic carbocycles. The van der Waals surface area contributed by atoms with E-state index in [0.29, 0.717) is 23.4 Å². The Balaban J connectivity index is 1.88. The lowest BCUT2D eigenvalue weighted by Gasteiger charge is -2.08. The number of imidazole rings is 1. The van der Waals surface area contributed by atoms with Crippen LogP contribution in [0, 0.1) is 0 Å². The molecule has 0 fully saturated rings. The van der Waals surface area contributed by atoms with Gasteiger partial charge in [0.25, 0.3) is 0 Å². The van der Waals surface area contributed by atoms with Gasteiger partial charge in [-0.25, -0.2) is 9.97 Å². The first-order valence-electron chi connectivity index (χ1n) is 7.63. The van der Waals surface area contributed by atoms with Crippen molar-refractivity contribution in [2.45, 2.75) is 25.8 Å². The number of fused-ring (bicyclic) bond motifs is 3. The summed E-state index contributed by atoms with van der Waals surface area (Å²) in [6.07, 6.45) is 7.59. The Labute approximate surface area is 132 Å². The van der Waals surface area contributed by atoms with E-state index in [-0.39, 0.29) is 5.78 Å². The number of ketones is 1. The molecule has 3 aromatic heterocycles. The number of carbonyl (C=O) groups excluding carboxylic acids is 1. The Morgan fingerprint density at radius 3 is 3.09 bits per heavy atom. The largest absolute Gasteiger partial charge is 0.373 e. The van der Waals surface area contributed by atoms with Gasteiger partial charge in [0.1, 0.15) is 17.5 Å². The van der Waals surface area contributed by atoms with Crippen LogP contribution < -0.4 is 10.6 Å². The highest BCUT2D eigenvalue weighted by molar-refractivity contribution is 6.01. The van der Waals surface area contributed by atoms with E-state index in [0.717, 1.165) is 31.0 Å². The third-order valence-electron chi connectivity index (χ3n) is 3.99. The van der Waals surface area contributed by atoms with Gasteiger partial charge in [-0.2, -0.15) is 9.61 Å². The van der Waals surface area contributed by atoms with Crippen LogP contribution >= 0.6 is 0 Å². The number of hydrogen-bond donors (Lipinski definition) is 2. The van der Waals surface area contributed by atoms with Crippen LogP contribution in [0.15, 0.2) is 24.8 Å². The molecule has 23 heavy (non-hydrogen) atoms. The number of nitrogens with one attached hydrogen (secondary N) is 2. The average Bonchev–Trinajstić information content (AvgIpc) is 3.17. The van der Waals surface area contributed by atoms with Crippen molar-refractivity contribution in [1.82, 2.24) is 24.1 Å². The van der Waals surface area contributed by atoms with E-state index < -0.39 is 0 Å². The second-order valence-electron chi connectivity index (χ2n) is 5.57. The normalized spacial score (nSPS) is 14.9. The van der Waals surface area contributed by atoms with Crippen molar-refractivity contribution in [1.29, 1.82) is 0 Å². The van der Waals surface area contributed by atoms with Crippen LogP contribution in [0.25, 0.3) is 5.65 Å². The second kappa shape index (κ2) is 5.38. The smallest absolute Gasteiger partial charge is 0.170 e. The fourth-order valence-electron chi connectivity index (χ4n) is 2.79. The third kappa shape index (κ3) is 2.41. The lowest BCUT2D eigenvalue weighted by atomic mass is 10.1. The topological polar surface area (TPSA) is 89.1 Å². The highest BCUT2D eigenvalue weighted by atomic mass is 16.1. The summed E-state index contributed by atoms with van der Waals surface area (Å²) in [5, 5.41) is 10.6. The van der Waals surface area contributed by atoms with Crippen molar-refractivity contribution in [3.8, 4) is 0 Å². The molecule has 0 radical (unpaired) electrons. The van der Waals surface area contributed by atoms with E-state index >= 15 is 0 Å². The summed E-state index contributed by atoms with van der Waals surface area (Å²) >= 11 is 0. The summed E-state index contributed by atoms with van der Waals surface area (Å²) in [6.45, 7) is 0.845. The van der Waals surface area contributed by atoms with E-state index in [4.69, 9.17) is 0 Å². The van der Waals surface area contributed by atoms with Crippen molar-refractivity contribution < 1.29 is 4.79 Å². The molecular weight excluding hydrogens is 294 g/mol. The molecule has 0 unspecified atom stereocenters. The molecule has 1 aliphatic rings. The zero-order chi connectivity index (χ0) is 15.8. The summed E-state index contributed by atoms with van der Waals surface area (Å²) in [6, 6.07) is 1.84. The molecule has 8 nitrogen and oxygen atoms in total. The second-order valence-corrected chi connectivity index (χ2v) is 5.57. The molecule has 0 amide bonds. The van der Waals surface area contributed by atoms with Gasteiger partial charge < -0.3 is 15.2 Å². The Bertz CT molecular complexity index is 879. The number of aromatic nitrogens is 5. The Morgan fingerprint density at radius 2 is 2.22 bits per heavy atom. The Kier molecular flexibility index (Phi) is 3.22. The van der Waals surface area contributed by atoms with Gasteiger partial charge in [-0.3, -0.25) is 4.79 Å². The number of Topliss-reactive ketones (excluding diaryl/α,β-unsaturated/α-hetero) is 1. The van der Waals surface area contributed by atoms with E-state index in [1.807, 2.05) is 23.9 Å². The molecule has 0 saturated heterocycles. The van der Waals surface area contributed by atoms with Crippen molar-refractivity contribution >= 4 is 28.9 Å². The van der Waals surface area contributed by atoms with Crippen molar-refractivity contribution in [2.75, 3.05) is 17.7 Å². The zero-order valence-corrected chi connectivity index (χ0v) is 12.8. The van der Waals surface area contributed by atoms with Crippen LogP contribution in [0.2, 0.25) is 0 Å². The number of carbonyl (C=O) groups is 1. The zero-order valence-electron chi connectivity index (χ0n) is 12.8. The Hall–Kier alpha value is -2.90. The van der Waals surface area contributed by atoms with Crippen LogP contribution in [-0.4, -0.2) is 37.0 Å². The third-order valence-corrected chi connectivity index (χ3v) is 3.99. The Morgan fingerprint density at radius 1 is 1.30 bits per heavy atom. The van der Waals surface area contributed by atoms with E-state index in [1.165, 1.54) is 0 Å². The van der Waals surface area contributed by atoms with Crippen molar-refractivity contribution in [3.63, 3.8) is 0 Å². The molecule has 0 saturated carbocycles. The lowest BCUT2D eigenvalue weighted by Crippen LogP contribution is -2.06. The maximum Gasteiger partial charge on any atom is 0.170 e. The summed E-state index contributed by atoms with van der Waals surface area (Å²) in [5.74, 6) is 2.19. The lowest BCUT2D eigenvalue weighted by molar-refractivity contribution is 0.0980. The predicted molar refractivity (Wildman–Crippen MR) is 86.2 cm³/mol. The van der Waals surface area contributed by atoms with Gasteiger partial charge in [0.15, 0.2) is 11.4 Å². The van der Waals surface area contributed by atoms with Gasteiger partial charge in [0, 0.05) is 32.3 Å². The van der Waals surface area contributed by atoms with Crippen LogP contribution in [0.1, 0.15) is 29.6 Å². The number of aryl methyl sites for hydroxylation is 1. The SMILES string of the molecule is CNc1cc2nc3c(cnn13)C(=O)CCCCn1cnc(c1)N2. The maximum atomic E-state index is 12.5. The van der Waals surface area contributed by atoms with Gasteiger partial charge >= 0.3 is 0 Å². The van der Waals surface area contributed by atoms with Gasteiger partial charge in [-0.05, 0) is 12.8 Å². The van der Waals surface area contributed by atoms with Crippen molar-refractivity contribution in [3.05, 3.63) is 30.4 Å². The molecular formula is C15H17N7O. The van der Waals surface area contributed by atoms with Gasteiger partial charge in [0.2, 0.25) is 0 Å². The molecule has 0 atom stereocenters. The summed E-state index contributed by atoms with van der Waals surface area (Å²) in [7, 11) is 1.81. The van der Waals surface area contributed by atoms with E-state index in [2.05, 4.69) is 25.7 Å². The van der Waals surface area contributed by atoms with Crippen LogP contribution in [0.4, 0.5) is 17.5 Å². The minimum Gasteiger partial charge on any atom is -0.373 e. The molecule has 4 rings (SSSR count). The van der Waals surface area contributed by atoms with Crippen LogP contribution in [0.3, 0.4) is 0 Å². The highest BCUT2D eigenvalue weighted by Crippen LogP contribution is 2.23. The summed E-state index contributed by atoms with van der Waals surface area (Å²) in [4.78, 5) is 21.4. The first-order chi connectivity index (χ1) is 11.2. The molecule has 4 heterocycles. The fourth-order valence-corrected chi connectivity index (χ4v) is 2.79. The first kappa shape index (κ1) is 13.7. The average molecular weight is 311 g/mol. The number of nitrogens with zero attached hydrogens (tertiary/aromatic N) is 5. The minimum absolute atomic E-state index is 0.0800. The quantitative estimate of drug-likeness (QED) is 0.715. The van der Waals surface area contributed by atoms with E-state index in [1.54, 1.807) is 17.0 Å². The monoisotopic (exact) mass is 311 g/mol. The van der Waals surface area contributed by atoms with Crippen LogP contribution in [0.5, 0.6) is 0 Å². The molecule has 118 valence electrons. The number of hydrogen-bond acceptors (Lipinski definition) is 6.